The Labute approximate surface area is 85.2 Å². The van der Waals surface area contributed by atoms with Gasteiger partial charge in [-0.2, -0.15) is 0 Å². The van der Waals surface area contributed by atoms with E-state index < -0.39 is 9.84 Å². The first-order chi connectivity index (χ1) is 6.45. The van der Waals surface area contributed by atoms with Gasteiger partial charge in [0.05, 0.1) is 12.3 Å². The second kappa shape index (κ2) is 6.78. The third-order valence-corrected chi connectivity index (χ3v) is 2.45. The molecule has 0 aromatic heterocycles. The molecule has 5 nitrogen and oxygen atoms in total. The van der Waals surface area contributed by atoms with Crippen molar-refractivity contribution >= 4 is 15.7 Å². The van der Waals surface area contributed by atoms with Gasteiger partial charge in [0.25, 0.3) is 0 Å². The summed E-state index contributed by atoms with van der Waals surface area (Å²) in [6.45, 7) is 3.12. The fourth-order valence-electron chi connectivity index (χ4n) is 0.786. The summed E-state index contributed by atoms with van der Waals surface area (Å²) in [5.41, 5.74) is 0. The normalized spacial score (nSPS) is 11.3. The maximum atomic E-state index is 11.0. The summed E-state index contributed by atoms with van der Waals surface area (Å²) in [5, 5.41) is 5.44. The van der Waals surface area contributed by atoms with Crippen molar-refractivity contribution in [2.24, 2.45) is 0 Å². The van der Waals surface area contributed by atoms with Crippen LogP contribution in [0.1, 0.15) is 13.3 Å². The highest BCUT2D eigenvalue weighted by Gasteiger charge is 2.02. The summed E-state index contributed by atoms with van der Waals surface area (Å²) >= 11 is 0. The van der Waals surface area contributed by atoms with Gasteiger partial charge in [0.2, 0.25) is 5.91 Å². The van der Waals surface area contributed by atoms with Crippen molar-refractivity contribution < 1.29 is 13.2 Å². The molecule has 0 aliphatic rings. The van der Waals surface area contributed by atoms with E-state index in [0.29, 0.717) is 13.1 Å². The molecule has 0 atom stereocenters. The van der Waals surface area contributed by atoms with Crippen LogP contribution in [0.2, 0.25) is 0 Å². The van der Waals surface area contributed by atoms with Gasteiger partial charge in [-0.3, -0.25) is 4.79 Å². The van der Waals surface area contributed by atoms with Gasteiger partial charge >= 0.3 is 0 Å². The lowest BCUT2D eigenvalue weighted by Crippen LogP contribution is -2.36. The molecule has 0 saturated carbocycles. The first-order valence-corrected chi connectivity index (χ1v) is 6.67. The van der Waals surface area contributed by atoms with Crippen LogP contribution in [0.4, 0.5) is 0 Å². The molecule has 84 valence electrons. The van der Waals surface area contributed by atoms with Crippen LogP contribution in [0.5, 0.6) is 0 Å². The number of amides is 1. The van der Waals surface area contributed by atoms with Crippen molar-refractivity contribution in [3.8, 4) is 0 Å². The third-order valence-electron chi connectivity index (χ3n) is 1.51. The molecule has 0 aliphatic heterocycles. The highest BCUT2D eigenvalue weighted by Crippen LogP contribution is 1.79. The van der Waals surface area contributed by atoms with Crippen LogP contribution in [0, 0.1) is 0 Å². The van der Waals surface area contributed by atoms with Crippen molar-refractivity contribution in [1.82, 2.24) is 10.6 Å². The van der Waals surface area contributed by atoms with Crippen molar-refractivity contribution in [3.63, 3.8) is 0 Å². The lowest BCUT2D eigenvalue weighted by molar-refractivity contribution is -0.120. The van der Waals surface area contributed by atoms with Gasteiger partial charge in [0.15, 0.2) is 0 Å². The van der Waals surface area contributed by atoms with Gasteiger partial charge in [-0.1, -0.05) is 6.92 Å². The Bertz CT molecular complexity index is 262. The molecule has 14 heavy (non-hydrogen) atoms. The summed E-state index contributed by atoms with van der Waals surface area (Å²) in [5.74, 6) is -0.0333. The average molecular weight is 222 g/mol. The fourth-order valence-corrected chi connectivity index (χ4v) is 1.30. The summed E-state index contributed by atoms with van der Waals surface area (Å²) in [6.07, 6.45) is 2.07. The predicted molar refractivity (Wildman–Crippen MR) is 55.9 cm³/mol. The molecular weight excluding hydrogens is 204 g/mol. The summed E-state index contributed by atoms with van der Waals surface area (Å²) in [7, 11) is -2.93. The highest BCUT2D eigenvalue weighted by molar-refractivity contribution is 7.90. The van der Waals surface area contributed by atoms with E-state index in [1.165, 1.54) is 6.26 Å². The molecule has 6 heteroatoms. The Balaban J connectivity index is 3.41. The van der Waals surface area contributed by atoms with Crippen molar-refractivity contribution in [2.45, 2.75) is 13.3 Å². The standard InChI is InChI=1S/C8H18N2O3S/c1-3-4-10-8(11)7-9-5-6-14(2,12)13/h9H,3-7H2,1-2H3,(H,10,11). The first-order valence-electron chi connectivity index (χ1n) is 4.61. The zero-order chi connectivity index (χ0) is 11.0. The minimum Gasteiger partial charge on any atom is -0.355 e. The molecule has 0 radical (unpaired) electrons. The highest BCUT2D eigenvalue weighted by atomic mass is 32.2. The second-order valence-electron chi connectivity index (χ2n) is 3.16. The smallest absolute Gasteiger partial charge is 0.233 e. The van der Waals surface area contributed by atoms with Crippen molar-refractivity contribution in [1.29, 1.82) is 0 Å². The minimum absolute atomic E-state index is 0.0635. The molecule has 0 aliphatic carbocycles. The van der Waals surface area contributed by atoms with Gasteiger partial charge in [-0.15, -0.1) is 0 Å². The maximum absolute atomic E-state index is 11.0. The van der Waals surface area contributed by atoms with Gasteiger partial charge < -0.3 is 10.6 Å². The van der Waals surface area contributed by atoms with E-state index in [2.05, 4.69) is 10.6 Å². The number of rotatable bonds is 7. The SMILES string of the molecule is CCCNC(=O)CNCCS(C)(=O)=O. The first kappa shape index (κ1) is 13.4. The van der Waals surface area contributed by atoms with Crippen molar-refractivity contribution in [3.05, 3.63) is 0 Å². The third kappa shape index (κ3) is 9.47. The zero-order valence-corrected chi connectivity index (χ0v) is 9.49. The molecular formula is C8H18N2O3S. The van der Waals surface area contributed by atoms with E-state index in [1.807, 2.05) is 6.92 Å². The van der Waals surface area contributed by atoms with E-state index in [9.17, 15) is 13.2 Å². The topological polar surface area (TPSA) is 75.3 Å². The molecule has 0 saturated heterocycles. The second-order valence-corrected chi connectivity index (χ2v) is 5.42. The Morgan fingerprint density at radius 2 is 1.93 bits per heavy atom. The van der Waals surface area contributed by atoms with E-state index >= 15 is 0 Å². The van der Waals surface area contributed by atoms with E-state index in [4.69, 9.17) is 0 Å². The Morgan fingerprint density at radius 1 is 1.29 bits per heavy atom. The van der Waals surface area contributed by atoms with E-state index in [1.54, 1.807) is 0 Å². The van der Waals surface area contributed by atoms with Crippen LogP contribution in [-0.2, 0) is 14.6 Å². The minimum atomic E-state index is -2.93. The van der Waals surface area contributed by atoms with Gasteiger partial charge in [0.1, 0.15) is 9.84 Å². The molecule has 0 aromatic carbocycles. The van der Waals surface area contributed by atoms with E-state index in [-0.39, 0.29) is 18.2 Å². The number of sulfone groups is 1. The van der Waals surface area contributed by atoms with Crippen LogP contribution in [-0.4, -0.2) is 46.0 Å². The number of carbonyl (C=O) groups excluding carboxylic acids is 1. The van der Waals surface area contributed by atoms with Crippen LogP contribution >= 0.6 is 0 Å². The van der Waals surface area contributed by atoms with Crippen LogP contribution in [0.25, 0.3) is 0 Å². The van der Waals surface area contributed by atoms with Gasteiger partial charge in [-0.25, -0.2) is 8.42 Å². The Morgan fingerprint density at radius 3 is 2.43 bits per heavy atom. The lowest BCUT2D eigenvalue weighted by Gasteiger charge is -2.04. The molecule has 0 aromatic rings. The fraction of sp³-hybridized carbons (Fsp3) is 0.875. The maximum Gasteiger partial charge on any atom is 0.233 e. The van der Waals surface area contributed by atoms with Gasteiger partial charge in [-0.05, 0) is 6.42 Å². The number of nitrogens with one attached hydrogen (secondary N) is 2. The number of hydrogen-bond donors (Lipinski definition) is 2. The molecule has 0 spiro atoms. The van der Waals surface area contributed by atoms with Gasteiger partial charge in [0, 0.05) is 19.3 Å². The molecule has 0 bridgehead atoms. The summed E-state index contributed by atoms with van der Waals surface area (Å²) in [4.78, 5) is 11.0. The average Bonchev–Trinajstić information content (AvgIpc) is 2.07. The Hall–Kier alpha value is -0.620. The Kier molecular flexibility index (Phi) is 6.48. The van der Waals surface area contributed by atoms with Crippen molar-refractivity contribution in [2.75, 3.05) is 31.6 Å². The monoisotopic (exact) mass is 222 g/mol. The molecule has 0 fully saturated rings. The summed E-state index contributed by atoms with van der Waals surface area (Å²) < 4.78 is 21.4. The molecule has 0 unspecified atom stereocenters. The molecule has 0 rings (SSSR count). The van der Waals surface area contributed by atoms with Crippen LogP contribution in [0.3, 0.4) is 0 Å². The molecule has 0 heterocycles. The number of hydrogen-bond acceptors (Lipinski definition) is 4. The summed E-state index contributed by atoms with van der Waals surface area (Å²) in [6, 6.07) is 0. The van der Waals surface area contributed by atoms with Crippen LogP contribution < -0.4 is 10.6 Å². The number of carbonyl (C=O) groups is 1. The predicted octanol–water partition coefficient (Wildman–Crippen LogP) is -0.853. The molecule has 2 N–H and O–H groups in total. The largest absolute Gasteiger partial charge is 0.355 e. The van der Waals surface area contributed by atoms with E-state index in [0.717, 1.165) is 6.42 Å². The quantitative estimate of drug-likeness (QED) is 0.550. The van der Waals surface area contributed by atoms with Crippen LogP contribution in [0.15, 0.2) is 0 Å². The lowest BCUT2D eigenvalue weighted by atomic mass is 10.4. The zero-order valence-electron chi connectivity index (χ0n) is 8.67. The molecule has 1 amide bonds.